The van der Waals surface area contributed by atoms with E-state index >= 15 is 0 Å². The second-order valence-electron chi connectivity index (χ2n) is 7.72. The van der Waals surface area contributed by atoms with E-state index in [2.05, 4.69) is 34.0 Å². The van der Waals surface area contributed by atoms with Crippen LogP contribution in [0, 0.1) is 13.8 Å². The van der Waals surface area contributed by atoms with Gasteiger partial charge in [-0.05, 0) is 49.7 Å². The lowest BCUT2D eigenvalue weighted by Gasteiger charge is -2.27. The predicted octanol–water partition coefficient (Wildman–Crippen LogP) is 2.49. The molecule has 0 saturated carbocycles. The average Bonchev–Trinajstić information content (AvgIpc) is 3.02. The number of pyridine rings is 1. The van der Waals surface area contributed by atoms with E-state index in [0.29, 0.717) is 37.5 Å². The molecular weight excluding hydrogens is 394 g/mol. The Morgan fingerprint density at radius 1 is 1.26 bits per heavy atom. The zero-order chi connectivity index (χ0) is 22.0. The summed E-state index contributed by atoms with van der Waals surface area (Å²) in [7, 11) is 1.70. The molecule has 2 amide bonds. The van der Waals surface area contributed by atoms with E-state index in [-0.39, 0.29) is 11.8 Å². The van der Waals surface area contributed by atoms with Crippen molar-refractivity contribution < 1.29 is 14.3 Å². The molecule has 0 aliphatic carbocycles. The van der Waals surface area contributed by atoms with Gasteiger partial charge >= 0.3 is 0 Å². The highest BCUT2D eigenvalue weighted by Crippen LogP contribution is 2.27. The Hall–Kier alpha value is -3.39. The normalized spacial score (nSPS) is 14.0. The van der Waals surface area contributed by atoms with Crippen LogP contribution in [0.3, 0.4) is 0 Å². The first kappa shape index (κ1) is 20.9. The zero-order valence-electron chi connectivity index (χ0n) is 18.1. The Bertz CT molecular complexity index is 1120. The predicted molar refractivity (Wildman–Crippen MR) is 121 cm³/mol. The van der Waals surface area contributed by atoms with E-state index in [1.54, 1.807) is 13.3 Å². The number of fused-ring (bicyclic) bond motifs is 1. The third-order valence-electron chi connectivity index (χ3n) is 5.79. The number of carbonyl (C=O) groups is 2. The first-order valence-corrected chi connectivity index (χ1v) is 10.4. The van der Waals surface area contributed by atoms with Crippen LogP contribution in [0.1, 0.15) is 21.6 Å². The van der Waals surface area contributed by atoms with Gasteiger partial charge in [0.2, 0.25) is 5.91 Å². The first-order chi connectivity index (χ1) is 15.0. The van der Waals surface area contributed by atoms with E-state index in [1.165, 1.54) is 5.69 Å². The Kier molecular flexibility index (Phi) is 5.90. The minimum atomic E-state index is -0.185. The molecule has 0 atom stereocenters. The zero-order valence-corrected chi connectivity index (χ0v) is 18.1. The van der Waals surface area contributed by atoms with Crippen molar-refractivity contribution in [1.82, 2.24) is 14.9 Å². The highest BCUT2D eigenvalue weighted by atomic mass is 16.5. The summed E-state index contributed by atoms with van der Waals surface area (Å²) in [4.78, 5) is 30.7. The summed E-state index contributed by atoms with van der Waals surface area (Å²) in [6.07, 6.45) is 1.62. The molecule has 2 aromatic heterocycles. The largest absolute Gasteiger partial charge is 0.383 e. The molecule has 8 nitrogen and oxygen atoms in total. The molecule has 1 saturated heterocycles. The number of piperazine rings is 1. The highest BCUT2D eigenvalue weighted by molar-refractivity contribution is 6.06. The maximum Gasteiger partial charge on any atom is 0.255 e. The summed E-state index contributed by atoms with van der Waals surface area (Å²) in [5, 5.41) is 6.77. The minimum absolute atomic E-state index is 0.0117. The Labute approximate surface area is 181 Å². The maximum absolute atomic E-state index is 12.8. The number of amides is 2. The Balaban J connectivity index is 1.50. The van der Waals surface area contributed by atoms with E-state index in [4.69, 9.17) is 4.74 Å². The summed E-state index contributed by atoms with van der Waals surface area (Å²) in [5.41, 5.74) is 4.64. The van der Waals surface area contributed by atoms with E-state index in [1.807, 2.05) is 35.2 Å². The van der Waals surface area contributed by atoms with Crippen LogP contribution in [-0.4, -0.2) is 54.7 Å². The van der Waals surface area contributed by atoms with Crippen molar-refractivity contribution in [1.29, 1.82) is 0 Å². The number of carbonyl (C=O) groups excluding carboxylic acids is 2. The van der Waals surface area contributed by atoms with Gasteiger partial charge in [-0.25, -0.2) is 4.98 Å². The Morgan fingerprint density at radius 3 is 2.81 bits per heavy atom. The number of hydrogen-bond acceptors (Lipinski definition) is 5. The lowest BCUT2D eigenvalue weighted by molar-refractivity contribution is -0.120. The van der Waals surface area contributed by atoms with Crippen LogP contribution in [0.15, 0.2) is 36.5 Å². The fraction of sp³-hybridized carbons (Fsp3) is 0.348. The molecule has 1 aliphatic rings. The summed E-state index contributed by atoms with van der Waals surface area (Å²) in [5.74, 6) is 0.524. The van der Waals surface area contributed by atoms with Gasteiger partial charge in [-0.15, -0.1) is 0 Å². The summed E-state index contributed by atoms with van der Waals surface area (Å²) in [6.45, 7) is 7.19. The van der Waals surface area contributed by atoms with Crippen LogP contribution in [0.2, 0.25) is 0 Å². The SMILES string of the molecule is COCCn1c(C)c(C)c2cc(C(=O)Nc3ccc(N4CCNC(=O)C4)nc3)ccc21. The van der Waals surface area contributed by atoms with Gasteiger partial charge in [0.25, 0.3) is 5.91 Å². The molecule has 3 heterocycles. The molecule has 1 aliphatic heterocycles. The molecule has 0 spiro atoms. The number of nitrogens with one attached hydrogen (secondary N) is 2. The van der Waals surface area contributed by atoms with E-state index in [9.17, 15) is 9.59 Å². The van der Waals surface area contributed by atoms with Gasteiger partial charge in [-0.2, -0.15) is 0 Å². The molecule has 0 unspecified atom stereocenters. The molecular formula is C23H27N5O3. The molecule has 31 heavy (non-hydrogen) atoms. The summed E-state index contributed by atoms with van der Waals surface area (Å²) in [6, 6.07) is 9.39. The van der Waals surface area contributed by atoms with Gasteiger partial charge in [-0.3, -0.25) is 9.59 Å². The van der Waals surface area contributed by atoms with Crippen molar-refractivity contribution in [3.63, 3.8) is 0 Å². The maximum atomic E-state index is 12.8. The summed E-state index contributed by atoms with van der Waals surface area (Å²) >= 11 is 0. The second kappa shape index (κ2) is 8.77. The van der Waals surface area contributed by atoms with E-state index in [0.717, 1.165) is 28.8 Å². The first-order valence-electron chi connectivity index (χ1n) is 10.4. The van der Waals surface area contributed by atoms with Crippen LogP contribution in [-0.2, 0) is 16.1 Å². The number of nitrogens with zero attached hydrogens (tertiary/aromatic N) is 3. The number of ether oxygens (including phenoxy) is 1. The Morgan fingerprint density at radius 2 is 2.10 bits per heavy atom. The molecule has 162 valence electrons. The van der Waals surface area contributed by atoms with Crippen LogP contribution in [0.4, 0.5) is 11.5 Å². The van der Waals surface area contributed by atoms with Crippen molar-refractivity contribution in [2.24, 2.45) is 0 Å². The van der Waals surface area contributed by atoms with Crippen molar-refractivity contribution in [2.45, 2.75) is 20.4 Å². The highest BCUT2D eigenvalue weighted by Gasteiger charge is 2.18. The van der Waals surface area contributed by atoms with Crippen molar-refractivity contribution in [3.8, 4) is 0 Å². The molecule has 0 radical (unpaired) electrons. The monoisotopic (exact) mass is 421 g/mol. The van der Waals surface area contributed by atoms with Crippen molar-refractivity contribution in [2.75, 3.05) is 43.6 Å². The van der Waals surface area contributed by atoms with Crippen LogP contribution >= 0.6 is 0 Å². The smallest absolute Gasteiger partial charge is 0.255 e. The molecule has 1 fully saturated rings. The molecule has 0 bridgehead atoms. The van der Waals surface area contributed by atoms with Gasteiger partial charge in [0.15, 0.2) is 0 Å². The lowest BCUT2D eigenvalue weighted by atomic mass is 10.1. The van der Waals surface area contributed by atoms with Crippen molar-refractivity contribution >= 4 is 34.2 Å². The van der Waals surface area contributed by atoms with Crippen LogP contribution in [0.25, 0.3) is 10.9 Å². The fourth-order valence-corrected chi connectivity index (χ4v) is 3.95. The molecule has 2 N–H and O–H groups in total. The number of methoxy groups -OCH3 is 1. The lowest BCUT2D eigenvalue weighted by Crippen LogP contribution is -2.48. The quantitative estimate of drug-likeness (QED) is 0.638. The number of hydrogen-bond donors (Lipinski definition) is 2. The summed E-state index contributed by atoms with van der Waals surface area (Å²) < 4.78 is 7.45. The standard InChI is InChI=1S/C23H27N5O3/c1-15-16(2)28(10-11-31-3)20-6-4-17(12-19(15)20)23(30)26-18-5-7-21(25-13-18)27-9-8-24-22(29)14-27/h4-7,12-13H,8-11,14H2,1-3H3,(H,24,29)(H,26,30). The van der Waals surface area contributed by atoms with Crippen LogP contribution < -0.4 is 15.5 Å². The minimum Gasteiger partial charge on any atom is -0.383 e. The van der Waals surface area contributed by atoms with Gasteiger partial charge in [-0.1, -0.05) is 0 Å². The van der Waals surface area contributed by atoms with Gasteiger partial charge in [0, 0.05) is 48.9 Å². The van der Waals surface area contributed by atoms with Gasteiger partial charge in [0.1, 0.15) is 5.82 Å². The fourth-order valence-electron chi connectivity index (χ4n) is 3.95. The topological polar surface area (TPSA) is 88.5 Å². The number of aryl methyl sites for hydroxylation is 1. The average molecular weight is 422 g/mol. The third kappa shape index (κ3) is 4.25. The third-order valence-corrected chi connectivity index (χ3v) is 5.79. The van der Waals surface area contributed by atoms with Crippen molar-refractivity contribution in [3.05, 3.63) is 53.3 Å². The number of aromatic nitrogens is 2. The number of anilines is 2. The molecule has 8 heteroatoms. The van der Waals surface area contributed by atoms with Gasteiger partial charge in [0.05, 0.1) is 25.0 Å². The molecule has 1 aromatic carbocycles. The van der Waals surface area contributed by atoms with E-state index < -0.39 is 0 Å². The number of benzene rings is 1. The van der Waals surface area contributed by atoms with Gasteiger partial charge < -0.3 is 24.8 Å². The molecule has 4 rings (SSSR count). The number of rotatable bonds is 6. The van der Waals surface area contributed by atoms with Crippen LogP contribution in [0.5, 0.6) is 0 Å². The second-order valence-corrected chi connectivity index (χ2v) is 7.72. The molecule has 3 aromatic rings.